The summed E-state index contributed by atoms with van der Waals surface area (Å²) in [5.41, 5.74) is 19.3. The Balaban J connectivity index is 1.22. The lowest BCUT2D eigenvalue weighted by Gasteiger charge is -2.44. The van der Waals surface area contributed by atoms with Crippen molar-refractivity contribution in [1.29, 1.82) is 0 Å². The van der Waals surface area contributed by atoms with E-state index in [0.717, 1.165) is 12.8 Å². The van der Waals surface area contributed by atoms with Crippen molar-refractivity contribution in [2.75, 3.05) is 0 Å². The Morgan fingerprint density at radius 3 is 1.28 bits per heavy atom. The fourth-order valence-corrected chi connectivity index (χ4v) is 10.3. The quantitative estimate of drug-likeness (QED) is 0.177. The molecule has 2 unspecified atom stereocenters. The van der Waals surface area contributed by atoms with Crippen LogP contribution in [0.2, 0.25) is 0 Å². The molecular weight excluding hydrogens is 605 g/mol. The van der Waals surface area contributed by atoms with E-state index in [-0.39, 0.29) is 10.8 Å². The Hall–Kier alpha value is -5.34. The summed E-state index contributed by atoms with van der Waals surface area (Å²) in [4.78, 5) is 0. The van der Waals surface area contributed by atoms with Crippen LogP contribution in [0.1, 0.15) is 84.3 Å². The molecule has 0 saturated heterocycles. The molecule has 50 heavy (non-hydrogen) atoms. The number of hydrogen-bond acceptors (Lipinski definition) is 0. The minimum absolute atomic E-state index is 0.182. The summed E-state index contributed by atoms with van der Waals surface area (Å²) in [7, 11) is 0. The van der Waals surface area contributed by atoms with E-state index < -0.39 is 0 Å². The van der Waals surface area contributed by atoms with Gasteiger partial charge in [-0.1, -0.05) is 137 Å². The molecule has 242 valence electrons. The van der Waals surface area contributed by atoms with E-state index in [4.69, 9.17) is 0 Å². The van der Waals surface area contributed by atoms with Crippen LogP contribution >= 0.6 is 0 Å². The lowest BCUT2D eigenvalue weighted by Crippen LogP contribution is -2.34. The smallest absolute Gasteiger partial charge is 0.0538 e. The number of fused-ring (bicyclic) bond motifs is 10. The first-order valence-corrected chi connectivity index (χ1v) is 18.3. The third-order valence-corrected chi connectivity index (χ3v) is 12.8. The molecule has 2 heteroatoms. The third kappa shape index (κ3) is 3.54. The van der Waals surface area contributed by atoms with Crippen LogP contribution in [0.3, 0.4) is 0 Å². The van der Waals surface area contributed by atoms with Crippen molar-refractivity contribution < 1.29 is 0 Å². The number of aromatic nitrogens is 2. The number of nitrogens with zero attached hydrogens (tertiary/aromatic N) is 2. The summed E-state index contributed by atoms with van der Waals surface area (Å²) in [6.07, 6.45) is 7.26. The molecule has 0 spiro atoms. The second kappa shape index (κ2) is 9.67. The van der Waals surface area contributed by atoms with Crippen molar-refractivity contribution in [2.24, 2.45) is 0 Å². The van der Waals surface area contributed by atoms with Crippen LogP contribution in [-0.2, 0) is 23.7 Å². The summed E-state index contributed by atoms with van der Waals surface area (Å²) in [5, 5.41) is 2.78. The number of para-hydroxylation sites is 2. The van der Waals surface area contributed by atoms with Crippen LogP contribution in [-0.4, -0.2) is 9.13 Å². The second-order valence-corrected chi connectivity index (χ2v) is 16.1. The zero-order valence-electron chi connectivity index (χ0n) is 29.2. The van der Waals surface area contributed by atoms with Gasteiger partial charge in [-0.2, -0.15) is 0 Å². The fraction of sp³-hybridized carbons (Fsp3) is 0.208. The van der Waals surface area contributed by atoms with Crippen molar-refractivity contribution in [3.8, 4) is 11.4 Å². The molecule has 2 aromatic heterocycles. The molecule has 0 amide bonds. The zero-order chi connectivity index (χ0) is 33.5. The molecule has 7 aromatic rings. The zero-order valence-corrected chi connectivity index (χ0v) is 29.2. The lowest BCUT2D eigenvalue weighted by molar-refractivity contribution is 0.624. The Kier molecular flexibility index (Phi) is 5.51. The molecule has 2 atom stereocenters. The molecule has 2 aliphatic heterocycles. The van der Waals surface area contributed by atoms with Gasteiger partial charge in [0.2, 0.25) is 0 Å². The molecule has 4 aliphatic rings. The number of rotatable bonds is 2. The summed E-state index contributed by atoms with van der Waals surface area (Å²) in [6.45, 7) is 9.87. The van der Waals surface area contributed by atoms with Gasteiger partial charge in [0.25, 0.3) is 0 Å². The Morgan fingerprint density at radius 2 is 0.860 bits per heavy atom. The van der Waals surface area contributed by atoms with E-state index in [1.807, 2.05) is 0 Å². The average Bonchev–Trinajstić information content (AvgIpc) is 3.66. The molecule has 0 saturated carbocycles. The van der Waals surface area contributed by atoms with Gasteiger partial charge in [0.05, 0.1) is 33.8 Å². The summed E-state index contributed by atoms with van der Waals surface area (Å²) in [5.74, 6) is 0.696. The molecule has 0 bridgehead atoms. The van der Waals surface area contributed by atoms with E-state index >= 15 is 0 Å². The van der Waals surface area contributed by atoms with Gasteiger partial charge in [0, 0.05) is 33.4 Å². The Bertz CT molecular complexity index is 2450. The molecule has 2 aliphatic carbocycles. The summed E-state index contributed by atoms with van der Waals surface area (Å²) in [6, 6.07) is 45.7. The van der Waals surface area contributed by atoms with Crippen LogP contribution in [0, 0.1) is 0 Å². The largest absolute Gasteiger partial charge is 0.309 e. The maximum Gasteiger partial charge on any atom is 0.0538 e. The van der Waals surface area contributed by atoms with Gasteiger partial charge in [-0.3, -0.25) is 0 Å². The predicted octanol–water partition coefficient (Wildman–Crippen LogP) is 11.6. The number of allylic oxidation sites excluding steroid dienone is 4. The van der Waals surface area contributed by atoms with Crippen LogP contribution < -0.4 is 0 Å². The fourth-order valence-electron chi connectivity index (χ4n) is 10.3. The summed E-state index contributed by atoms with van der Waals surface area (Å²) >= 11 is 0. The van der Waals surface area contributed by atoms with E-state index in [1.165, 1.54) is 89.1 Å². The van der Waals surface area contributed by atoms with Crippen molar-refractivity contribution in [1.82, 2.24) is 9.13 Å². The molecule has 0 N–H and O–H groups in total. The minimum atomic E-state index is -0.182. The van der Waals surface area contributed by atoms with E-state index in [2.05, 4.69) is 170 Å². The molecular formula is C48H40N2. The van der Waals surface area contributed by atoms with Crippen LogP contribution in [0.15, 0.2) is 133 Å². The maximum absolute atomic E-state index is 2.63. The first-order chi connectivity index (χ1) is 24.3. The van der Waals surface area contributed by atoms with E-state index in [9.17, 15) is 0 Å². The SMILES string of the molecule is CC1(C)C2=CC(c3ccccc3)Cc3c2n(c2ccccc32)-c2cc3c(cc21)-n1c2c(c4ccccc41)CC(c1ccccc1)C=C2C3(C)C. The molecule has 0 radical (unpaired) electrons. The third-order valence-electron chi connectivity index (χ3n) is 12.8. The monoisotopic (exact) mass is 644 g/mol. The van der Waals surface area contributed by atoms with Crippen molar-refractivity contribution in [2.45, 2.75) is 63.2 Å². The first-order valence-electron chi connectivity index (χ1n) is 18.3. The highest BCUT2D eigenvalue weighted by atomic mass is 15.0. The van der Waals surface area contributed by atoms with Crippen molar-refractivity contribution in [3.05, 3.63) is 178 Å². The van der Waals surface area contributed by atoms with Crippen molar-refractivity contribution in [3.63, 3.8) is 0 Å². The van der Waals surface area contributed by atoms with E-state index in [0.29, 0.717) is 11.8 Å². The highest BCUT2D eigenvalue weighted by Crippen LogP contribution is 2.58. The average molecular weight is 645 g/mol. The highest BCUT2D eigenvalue weighted by Gasteiger charge is 2.46. The second-order valence-electron chi connectivity index (χ2n) is 16.1. The van der Waals surface area contributed by atoms with Gasteiger partial charge >= 0.3 is 0 Å². The number of benzene rings is 5. The van der Waals surface area contributed by atoms with Gasteiger partial charge in [-0.15, -0.1) is 0 Å². The maximum atomic E-state index is 2.63. The lowest BCUT2D eigenvalue weighted by atomic mass is 9.65. The topological polar surface area (TPSA) is 9.86 Å². The van der Waals surface area contributed by atoms with E-state index in [1.54, 1.807) is 0 Å². The van der Waals surface area contributed by atoms with Crippen molar-refractivity contribution >= 4 is 33.0 Å². The standard InChI is InChI=1S/C48H40N2/c1-47(2)37-27-44-38(28-43(37)49-41-21-13-11-19-33(41)35-23-31(25-39(47)45(35)49)29-15-7-5-8-16-29)48(3,4)40-26-32(30-17-9-6-10-18-30)24-36-34-20-12-14-22-42(34)50(44)46(36)40/h5-22,25-28,31-32H,23-24H2,1-4H3. The van der Waals surface area contributed by atoms with Gasteiger partial charge in [-0.25, -0.2) is 0 Å². The first kappa shape index (κ1) is 28.5. The molecule has 2 nitrogen and oxygen atoms in total. The normalized spacial score (nSPS) is 20.4. The highest BCUT2D eigenvalue weighted by molar-refractivity contribution is 6.00. The van der Waals surface area contributed by atoms with Gasteiger partial charge in [0.1, 0.15) is 0 Å². The molecule has 11 rings (SSSR count). The Morgan fingerprint density at radius 1 is 0.480 bits per heavy atom. The van der Waals surface area contributed by atoms with Gasteiger partial charge < -0.3 is 9.13 Å². The van der Waals surface area contributed by atoms with Gasteiger partial charge in [0.15, 0.2) is 0 Å². The summed E-state index contributed by atoms with van der Waals surface area (Å²) < 4.78 is 5.26. The molecule has 0 fully saturated rings. The van der Waals surface area contributed by atoms with Crippen LogP contribution in [0.5, 0.6) is 0 Å². The predicted molar refractivity (Wildman–Crippen MR) is 208 cm³/mol. The molecule has 5 aromatic carbocycles. The van der Waals surface area contributed by atoms with Crippen LogP contribution in [0.25, 0.3) is 44.3 Å². The number of hydrogen-bond donors (Lipinski definition) is 0. The molecule has 4 heterocycles. The Labute approximate surface area is 294 Å². The van der Waals surface area contributed by atoms with Crippen LogP contribution in [0.4, 0.5) is 0 Å². The minimum Gasteiger partial charge on any atom is -0.309 e. The van der Waals surface area contributed by atoms with Gasteiger partial charge in [-0.05, 0) is 81.6 Å².